The quantitative estimate of drug-likeness (QED) is 0.817. The predicted molar refractivity (Wildman–Crippen MR) is 69.5 cm³/mol. The topological polar surface area (TPSA) is 60.3 Å². The molecule has 100 valence electrons. The molecule has 0 aliphatic heterocycles. The van der Waals surface area contributed by atoms with Gasteiger partial charge >= 0.3 is 5.97 Å². The van der Waals surface area contributed by atoms with Crippen LogP contribution < -0.4 is 5.32 Å². The Morgan fingerprint density at radius 1 is 1.44 bits per heavy atom. The van der Waals surface area contributed by atoms with Crippen LogP contribution in [0.4, 0.5) is 5.69 Å². The summed E-state index contributed by atoms with van der Waals surface area (Å²) in [5.41, 5.74) is 1.04. The molecule has 0 unspecified atom stereocenters. The Hall–Kier alpha value is -1.78. The first kappa shape index (κ1) is 14.3. The number of aromatic nitrogens is 1. The first-order valence-corrected chi connectivity index (χ1v) is 6.07. The predicted octanol–water partition coefficient (Wildman–Crippen LogP) is 2.19. The number of hydrogen-bond donors (Lipinski definition) is 1. The van der Waals surface area contributed by atoms with Gasteiger partial charge in [-0.25, -0.2) is 4.79 Å². The highest BCUT2D eigenvalue weighted by molar-refractivity contribution is 5.94. The van der Waals surface area contributed by atoms with Crippen molar-refractivity contribution in [3.63, 3.8) is 0 Å². The first-order chi connectivity index (χ1) is 8.43. The van der Waals surface area contributed by atoms with Gasteiger partial charge in [-0.05, 0) is 18.9 Å². The van der Waals surface area contributed by atoms with Gasteiger partial charge in [-0.3, -0.25) is 4.79 Å². The summed E-state index contributed by atoms with van der Waals surface area (Å²) in [5.74, 6) is -0.131. The van der Waals surface area contributed by atoms with E-state index in [0.29, 0.717) is 30.3 Å². The number of ether oxygens (including phenoxy) is 1. The number of esters is 1. The molecule has 1 heterocycles. The van der Waals surface area contributed by atoms with Gasteiger partial charge in [0.1, 0.15) is 5.69 Å². The van der Waals surface area contributed by atoms with Crippen LogP contribution in [-0.4, -0.2) is 23.1 Å². The number of hydrogen-bond acceptors (Lipinski definition) is 3. The van der Waals surface area contributed by atoms with Crippen LogP contribution >= 0.6 is 0 Å². The van der Waals surface area contributed by atoms with E-state index in [4.69, 9.17) is 4.74 Å². The fourth-order valence-corrected chi connectivity index (χ4v) is 1.62. The molecule has 1 rings (SSSR count). The minimum absolute atomic E-state index is 0.0500. The molecule has 1 aromatic heterocycles. The van der Waals surface area contributed by atoms with Crippen molar-refractivity contribution in [1.82, 2.24) is 4.57 Å². The molecule has 0 aromatic carbocycles. The molecule has 0 saturated carbocycles. The van der Waals surface area contributed by atoms with Crippen LogP contribution in [0.1, 0.15) is 37.7 Å². The minimum Gasteiger partial charge on any atom is -0.461 e. The van der Waals surface area contributed by atoms with Crippen molar-refractivity contribution in [2.24, 2.45) is 13.0 Å². The van der Waals surface area contributed by atoms with E-state index in [2.05, 4.69) is 5.32 Å². The number of rotatable bonds is 5. The highest BCUT2D eigenvalue weighted by Crippen LogP contribution is 2.15. The minimum atomic E-state index is -0.385. The molecule has 0 fully saturated rings. The lowest BCUT2D eigenvalue weighted by Crippen LogP contribution is -2.13. The van der Waals surface area contributed by atoms with Crippen molar-refractivity contribution in [3.8, 4) is 0 Å². The van der Waals surface area contributed by atoms with Crippen LogP contribution in [0.15, 0.2) is 12.3 Å². The van der Waals surface area contributed by atoms with E-state index in [0.717, 1.165) is 0 Å². The van der Waals surface area contributed by atoms with Gasteiger partial charge in [-0.15, -0.1) is 0 Å². The number of anilines is 1. The molecule has 0 spiro atoms. The molecule has 18 heavy (non-hydrogen) atoms. The fraction of sp³-hybridized carbons (Fsp3) is 0.538. The Balaban J connectivity index is 2.72. The highest BCUT2D eigenvalue weighted by Gasteiger charge is 2.14. The van der Waals surface area contributed by atoms with E-state index in [9.17, 15) is 9.59 Å². The molecule has 1 aromatic rings. The van der Waals surface area contributed by atoms with Crippen LogP contribution in [0.2, 0.25) is 0 Å². The number of carbonyl (C=O) groups is 2. The summed E-state index contributed by atoms with van der Waals surface area (Å²) in [6.45, 7) is 6.05. The standard InChI is InChI=1S/C13H20N2O3/c1-5-18-13(17)11-7-10(8-15(11)4)14-12(16)6-9(2)3/h7-9H,5-6H2,1-4H3,(H,14,16). The summed E-state index contributed by atoms with van der Waals surface area (Å²) in [5, 5.41) is 2.76. The van der Waals surface area contributed by atoms with Gasteiger partial charge in [0.05, 0.1) is 12.3 Å². The molecule has 0 atom stereocenters. The molecule has 1 N–H and O–H groups in total. The van der Waals surface area contributed by atoms with Crippen LogP contribution in [0.25, 0.3) is 0 Å². The monoisotopic (exact) mass is 252 g/mol. The summed E-state index contributed by atoms with van der Waals surface area (Å²) in [4.78, 5) is 23.2. The van der Waals surface area contributed by atoms with E-state index in [-0.39, 0.29) is 11.9 Å². The molecular weight excluding hydrogens is 232 g/mol. The molecule has 0 radical (unpaired) electrons. The van der Waals surface area contributed by atoms with Crippen molar-refractivity contribution in [2.75, 3.05) is 11.9 Å². The Morgan fingerprint density at radius 3 is 2.67 bits per heavy atom. The van der Waals surface area contributed by atoms with Crippen molar-refractivity contribution >= 4 is 17.6 Å². The fourth-order valence-electron chi connectivity index (χ4n) is 1.62. The third-order valence-electron chi connectivity index (χ3n) is 2.37. The second kappa shape index (κ2) is 6.23. The maximum atomic E-state index is 11.6. The average molecular weight is 252 g/mol. The van der Waals surface area contributed by atoms with E-state index in [1.54, 1.807) is 30.8 Å². The number of carbonyl (C=O) groups excluding carboxylic acids is 2. The van der Waals surface area contributed by atoms with Gasteiger partial charge in [-0.2, -0.15) is 0 Å². The lowest BCUT2D eigenvalue weighted by atomic mass is 10.1. The van der Waals surface area contributed by atoms with Crippen molar-refractivity contribution in [3.05, 3.63) is 18.0 Å². The first-order valence-electron chi connectivity index (χ1n) is 6.07. The lowest BCUT2D eigenvalue weighted by Gasteiger charge is -2.04. The Labute approximate surface area is 107 Å². The summed E-state index contributed by atoms with van der Waals surface area (Å²) in [6, 6.07) is 1.62. The summed E-state index contributed by atoms with van der Waals surface area (Å²) in [7, 11) is 1.74. The number of nitrogens with one attached hydrogen (secondary N) is 1. The summed E-state index contributed by atoms with van der Waals surface area (Å²) in [6.07, 6.45) is 2.16. The molecule has 0 aliphatic carbocycles. The zero-order valence-electron chi connectivity index (χ0n) is 11.3. The lowest BCUT2D eigenvalue weighted by molar-refractivity contribution is -0.116. The van der Waals surface area contributed by atoms with Crippen molar-refractivity contribution in [1.29, 1.82) is 0 Å². The SMILES string of the molecule is CCOC(=O)c1cc(NC(=O)CC(C)C)cn1C. The van der Waals surface area contributed by atoms with Crippen molar-refractivity contribution < 1.29 is 14.3 Å². The van der Waals surface area contributed by atoms with Crippen LogP contribution in [0, 0.1) is 5.92 Å². The van der Waals surface area contributed by atoms with E-state index >= 15 is 0 Å². The third kappa shape index (κ3) is 3.91. The summed E-state index contributed by atoms with van der Waals surface area (Å²) < 4.78 is 6.56. The smallest absolute Gasteiger partial charge is 0.355 e. The molecular formula is C13H20N2O3. The van der Waals surface area contributed by atoms with Gasteiger partial charge in [0.15, 0.2) is 0 Å². The maximum Gasteiger partial charge on any atom is 0.355 e. The Bertz CT molecular complexity index is 435. The van der Waals surface area contributed by atoms with Crippen molar-refractivity contribution in [2.45, 2.75) is 27.2 Å². The van der Waals surface area contributed by atoms with E-state index in [1.807, 2.05) is 13.8 Å². The van der Waals surface area contributed by atoms with Crippen LogP contribution in [0.3, 0.4) is 0 Å². The second-order valence-corrected chi connectivity index (χ2v) is 4.59. The number of nitrogens with zero attached hydrogens (tertiary/aromatic N) is 1. The molecule has 0 aliphatic rings. The Kier molecular flexibility index (Phi) is 4.95. The van der Waals surface area contributed by atoms with Gasteiger partial charge in [0.25, 0.3) is 0 Å². The zero-order valence-corrected chi connectivity index (χ0v) is 11.3. The molecule has 0 saturated heterocycles. The highest BCUT2D eigenvalue weighted by atomic mass is 16.5. The van der Waals surface area contributed by atoms with Gasteiger partial charge in [-0.1, -0.05) is 13.8 Å². The molecule has 5 nitrogen and oxygen atoms in total. The largest absolute Gasteiger partial charge is 0.461 e. The second-order valence-electron chi connectivity index (χ2n) is 4.59. The maximum absolute atomic E-state index is 11.6. The summed E-state index contributed by atoms with van der Waals surface area (Å²) >= 11 is 0. The van der Waals surface area contributed by atoms with Gasteiger partial charge in [0, 0.05) is 19.7 Å². The average Bonchev–Trinajstić information content (AvgIpc) is 2.58. The van der Waals surface area contributed by atoms with E-state index in [1.165, 1.54) is 0 Å². The zero-order chi connectivity index (χ0) is 13.7. The molecule has 1 amide bonds. The van der Waals surface area contributed by atoms with Crippen LogP contribution in [-0.2, 0) is 16.6 Å². The molecule has 0 bridgehead atoms. The van der Waals surface area contributed by atoms with Crippen LogP contribution in [0.5, 0.6) is 0 Å². The number of amides is 1. The van der Waals surface area contributed by atoms with Gasteiger partial charge in [0.2, 0.25) is 5.91 Å². The number of aryl methyl sites for hydroxylation is 1. The normalized spacial score (nSPS) is 10.5. The third-order valence-corrected chi connectivity index (χ3v) is 2.37. The van der Waals surface area contributed by atoms with E-state index < -0.39 is 0 Å². The molecule has 5 heteroatoms. The Morgan fingerprint density at radius 2 is 2.11 bits per heavy atom. The van der Waals surface area contributed by atoms with Gasteiger partial charge < -0.3 is 14.6 Å².